The highest BCUT2D eigenvalue weighted by Crippen LogP contribution is 2.33. The van der Waals surface area contributed by atoms with Crippen molar-refractivity contribution in [1.29, 1.82) is 0 Å². The maximum absolute atomic E-state index is 13.3. The molecule has 162 valence electrons. The Bertz CT molecular complexity index is 924. The van der Waals surface area contributed by atoms with E-state index in [-0.39, 0.29) is 11.8 Å². The Morgan fingerprint density at radius 2 is 2.07 bits per heavy atom. The van der Waals surface area contributed by atoms with Crippen LogP contribution in [0.2, 0.25) is 0 Å². The first-order valence-corrected chi connectivity index (χ1v) is 11.6. The van der Waals surface area contributed by atoms with Gasteiger partial charge in [-0.25, -0.2) is 4.98 Å². The van der Waals surface area contributed by atoms with Crippen molar-refractivity contribution in [2.45, 2.75) is 52.7 Å². The Balaban J connectivity index is 1.66. The molecule has 0 saturated heterocycles. The molecule has 7 nitrogen and oxygen atoms in total. The van der Waals surface area contributed by atoms with Crippen molar-refractivity contribution in [3.63, 3.8) is 0 Å². The maximum Gasteiger partial charge on any atom is 0.272 e. The standard InChI is InChI=1S/C22H31N5O2S/c1-22(2,3)18(21(29)23-4)25-20(28)17-16-12-26(11-14-5-6-14)8-9-27(16)19(24-17)15-7-10-30-13-15/h7,10,13-14,18H,5-6,8-9,11-12H2,1-4H3,(H,23,29)(H,25,28). The first kappa shape index (κ1) is 21.1. The zero-order chi connectivity index (χ0) is 21.5. The van der Waals surface area contributed by atoms with Crippen LogP contribution in [0.3, 0.4) is 0 Å². The van der Waals surface area contributed by atoms with E-state index in [0.29, 0.717) is 5.69 Å². The van der Waals surface area contributed by atoms with Crippen LogP contribution in [0.5, 0.6) is 0 Å². The minimum absolute atomic E-state index is 0.197. The number of aromatic nitrogens is 2. The lowest BCUT2D eigenvalue weighted by Gasteiger charge is -2.31. The molecule has 0 bridgehead atoms. The van der Waals surface area contributed by atoms with E-state index >= 15 is 0 Å². The number of rotatable bonds is 6. The smallest absolute Gasteiger partial charge is 0.272 e. The van der Waals surface area contributed by atoms with Gasteiger partial charge in [0.2, 0.25) is 5.91 Å². The van der Waals surface area contributed by atoms with E-state index in [1.807, 2.05) is 32.2 Å². The van der Waals surface area contributed by atoms with Crippen molar-refractivity contribution < 1.29 is 9.59 Å². The molecule has 3 heterocycles. The van der Waals surface area contributed by atoms with Crippen LogP contribution >= 0.6 is 11.3 Å². The number of amides is 2. The molecule has 2 N–H and O–H groups in total. The van der Waals surface area contributed by atoms with Crippen molar-refractivity contribution >= 4 is 23.2 Å². The van der Waals surface area contributed by atoms with Gasteiger partial charge in [-0.05, 0) is 35.6 Å². The predicted molar refractivity (Wildman–Crippen MR) is 118 cm³/mol. The van der Waals surface area contributed by atoms with E-state index in [2.05, 4.69) is 25.5 Å². The Labute approximate surface area is 181 Å². The summed E-state index contributed by atoms with van der Waals surface area (Å²) in [6.45, 7) is 9.45. The Morgan fingerprint density at radius 3 is 2.67 bits per heavy atom. The molecule has 2 aromatic heterocycles. The molecule has 1 aliphatic carbocycles. The monoisotopic (exact) mass is 429 g/mol. The molecule has 8 heteroatoms. The normalized spacial score (nSPS) is 18.0. The van der Waals surface area contributed by atoms with Crippen LogP contribution in [0.25, 0.3) is 11.4 Å². The molecule has 2 aromatic rings. The summed E-state index contributed by atoms with van der Waals surface area (Å²) < 4.78 is 2.19. The van der Waals surface area contributed by atoms with Crippen molar-refractivity contribution in [1.82, 2.24) is 25.1 Å². The van der Waals surface area contributed by atoms with Crippen molar-refractivity contribution in [2.24, 2.45) is 11.3 Å². The van der Waals surface area contributed by atoms with E-state index in [9.17, 15) is 9.59 Å². The molecule has 1 fully saturated rings. The van der Waals surface area contributed by atoms with Gasteiger partial charge in [0.25, 0.3) is 5.91 Å². The van der Waals surface area contributed by atoms with E-state index in [1.165, 1.54) is 12.8 Å². The van der Waals surface area contributed by atoms with Gasteiger partial charge in [-0.15, -0.1) is 0 Å². The van der Waals surface area contributed by atoms with Gasteiger partial charge in [0, 0.05) is 44.2 Å². The topological polar surface area (TPSA) is 79.3 Å². The highest BCUT2D eigenvalue weighted by atomic mass is 32.1. The second kappa shape index (κ2) is 8.15. The van der Waals surface area contributed by atoms with Crippen LogP contribution in [-0.2, 0) is 17.9 Å². The van der Waals surface area contributed by atoms with Gasteiger partial charge in [0.05, 0.1) is 5.69 Å². The fraction of sp³-hybridized carbons (Fsp3) is 0.591. The zero-order valence-electron chi connectivity index (χ0n) is 18.2. The second-order valence-corrected chi connectivity index (χ2v) is 10.2. The number of nitrogens with zero attached hydrogens (tertiary/aromatic N) is 3. The molecule has 0 spiro atoms. The zero-order valence-corrected chi connectivity index (χ0v) is 19.0. The summed E-state index contributed by atoms with van der Waals surface area (Å²) in [5.41, 5.74) is 2.01. The number of thiophene rings is 1. The van der Waals surface area contributed by atoms with E-state index in [4.69, 9.17) is 4.98 Å². The van der Waals surface area contributed by atoms with E-state index < -0.39 is 11.5 Å². The molecule has 1 saturated carbocycles. The molecular formula is C22H31N5O2S. The number of carbonyl (C=O) groups is 2. The Morgan fingerprint density at radius 1 is 1.30 bits per heavy atom. The summed E-state index contributed by atoms with van der Waals surface area (Å²) in [6.07, 6.45) is 2.62. The maximum atomic E-state index is 13.3. The number of hydrogen-bond donors (Lipinski definition) is 2. The van der Waals surface area contributed by atoms with Crippen molar-refractivity contribution in [3.8, 4) is 11.4 Å². The first-order valence-electron chi connectivity index (χ1n) is 10.6. The SMILES string of the molecule is CNC(=O)C(NC(=O)c1nc(-c2ccsc2)n2c1CN(CC1CC1)CC2)C(C)(C)C. The fourth-order valence-corrected chi connectivity index (χ4v) is 4.69. The van der Waals surface area contributed by atoms with E-state index in [0.717, 1.165) is 49.2 Å². The molecule has 1 aliphatic heterocycles. The molecule has 1 unspecified atom stereocenters. The number of fused-ring (bicyclic) bond motifs is 1. The first-order chi connectivity index (χ1) is 14.3. The minimum atomic E-state index is -0.636. The molecule has 4 rings (SSSR count). The van der Waals surface area contributed by atoms with Crippen LogP contribution in [0.4, 0.5) is 0 Å². The lowest BCUT2D eigenvalue weighted by molar-refractivity contribution is -0.124. The minimum Gasteiger partial charge on any atom is -0.357 e. The van der Waals surface area contributed by atoms with Crippen LogP contribution in [0, 0.1) is 11.3 Å². The summed E-state index contributed by atoms with van der Waals surface area (Å²) in [5.74, 6) is 1.16. The third kappa shape index (κ3) is 4.30. The van der Waals surface area contributed by atoms with Gasteiger partial charge in [0.15, 0.2) is 5.69 Å². The summed E-state index contributed by atoms with van der Waals surface area (Å²) in [7, 11) is 1.59. The lowest BCUT2D eigenvalue weighted by atomic mass is 9.86. The van der Waals surface area contributed by atoms with E-state index in [1.54, 1.807) is 18.4 Å². The molecule has 30 heavy (non-hydrogen) atoms. The highest BCUT2D eigenvalue weighted by molar-refractivity contribution is 7.08. The Kier molecular flexibility index (Phi) is 5.72. The summed E-state index contributed by atoms with van der Waals surface area (Å²) in [5, 5.41) is 9.72. The summed E-state index contributed by atoms with van der Waals surface area (Å²) >= 11 is 1.62. The van der Waals surface area contributed by atoms with Gasteiger partial charge in [0.1, 0.15) is 11.9 Å². The molecule has 2 amide bonds. The van der Waals surface area contributed by atoms with Gasteiger partial charge in [-0.2, -0.15) is 11.3 Å². The van der Waals surface area contributed by atoms with Gasteiger partial charge >= 0.3 is 0 Å². The van der Waals surface area contributed by atoms with Crippen LogP contribution in [0.1, 0.15) is 49.8 Å². The molecule has 0 aromatic carbocycles. The average Bonchev–Trinajstić information content (AvgIpc) is 3.20. The quantitative estimate of drug-likeness (QED) is 0.740. The Hall–Kier alpha value is -2.19. The molecular weight excluding hydrogens is 398 g/mol. The van der Waals surface area contributed by atoms with Crippen molar-refractivity contribution in [3.05, 3.63) is 28.2 Å². The third-order valence-corrected chi connectivity index (χ3v) is 6.63. The van der Waals surface area contributed by atoms with Gasteiger partial charge in [-0.1, -0.05) is 20.8 Å². The largest absolute Gasteiger partial charge is 0.357 e. The highest BCUT2D eigenvalue weighted by Gasteiger charge is 2.35. The number of hydrogen-bond acceptors (Lipinski definition) is 5. The lowest BCUT2D eigenvalue weighted by Crippen LogP contribution is -2.53. The fourth-order valence-electron chi connectivity index (χ4n) is 4.05. The number of carbonyl (C=O) groups excluding carboxylic acids is 2. The molecule has 2 aliphatic rings. The van der Waals surface area contributed by atoms with Gasteiger partial charge < -0.3 is 15.2 Å². The van der Waals surface area contributed by atoms with Crippen LogP contribution in [-0.4, -0.2) is 52.4 Å². The molecule has 1 atom stereocenters. The predicted octanol–water partition coefficient (Wildman–Crippen LogP) is 2.73. The number of imidazole rings is 1. The van der Waals surface area contributed by atoms with Crippen LogP contribution in [0.15, 0.2) is 16.8 Å². The number of nitrogens with one attached hydrogen (secondary N) is 2. The second-order valence-electron chi connectivity index (χ2n) is 9.46. The van der Waals surface area contributed by atoms with Gasteiger partial charge in [-0.3, -0.25) is 14.5 Å². The summed E-state index contributed by atoms with van der Waals surface area (Å²) in [6, 6.07) is 1.41. The third-order valence-electron chi connectivity index (χ3n) is 5.94. The number of likely N-dealkylation sites (N-methyl/N-ethyl adjacent to an activating group) is 1. The molecule has 0 radical (unpaired) electrons. The van der Waals surface area contributed by atoms with Crippen molar-refractivity contribution in [2.75, 3.05) is 20.1 Å². The average molecular weight is 430 g/mol. The van der Waals surface area contributed by atoms with Crippen LogP contribution < -0.4 is 10.6 Å². The summed E-state index contributed by atoms with van der Waals surface area (Å²) in [4.78, 5) is 33.0.